The number of carbonyl (C=O) groups excluding carboxylic acids is 2. The van der Waals surface area contributed by atoms with E-state index in [9.17, 15) is 29.1 Å². The van der Waals surface area contributed by atoms with Gasteiger partial charge in [-0.1, -0.05) is 13.8 Å². The number of carboxylic acids is 3. The van der Waals surface area contributed by atoms with Crippen molar-refractivity contribution in [3.05, 3.63) is 0 Å². The molecule has 0 aromatic heterocycles. The summed E-state index contributed by atoms with van der Waals surface area (Å²) in [7, 11) is 1.66. The van der Waals surface area contributed by atoms with Gasteiger partial charge < -0.3 is 31.3 Å². The van der Waals surface area contributed by atoms with Gasteiger partial charge in [-0.3, -0.25) is 14.4 Å². The number of hydroxylamine groups is 2. The predicted molar refractivity (Wildman–Crippen MR) is 116 cm³/mol. The maximum Gasteiger partial charge on any atom is 0.326 e. The fraction of sp³-hybridized carbons (Fsp3) is 0.750. The number of carbonyl (C=O) groups is 5. The van der Waals surface area contributed by atoms with Crippen LogP contribution in [-0.4, -0.2) is 89.1 Å². The van der Waals surface area contributed by atoms with Gasteiger partial charge in [0.2, 0.25) is 5.91 Å². The van der Waals surface area contributed by atoms with Crippen LogP contribution < -0.4 is 16.0 Å². The van der Waals surface area contributed by atoms with Crippen molar-refractivity contribution >= 4 is 29.8 Å². The largest absolute Gasteiger partial charge is 0.481 e. The van der Waals surface area contributed by atoms with Crippen LogP contribution in [0.2, 0.25) is 0 Å². The van der Waals surface area contributed by atoms with Crippen molar-refractivity contribution in [3.8, 4) is 0 Å². The van der Waals surface area contributed by atoms with Gasteiger partial charge in [-0.25, -0.2) is 14.4 Å². The average Bonchev–Trinajstić information content (AvgIpc) is 2.68. The summed E-state index contributed by atoms with van der Waals surface area (Å²) >= 11 is 0. The topological polar surface area (TPSA) is 195 Å². The van der Waals surface area contributed by atoms with Crippen LogP contribution >= 0.6 is 0 Å². The van der Waals surface area contributed by atoms with Crippen molar-refractivity contribution in [3.63, 3.8) is 0 Å². The molecule has 0 rings (SSSR count). The lowest BCUT2D eigenvalue weighted by molar-refractivity contribution is -0.156. The van der Waals surface area contributed by atoms with Gasteiger partial charge in [0.05, 0.1) is 6.61 Å². The first kappa shape index (κ1) is 30.1. The number of aliphatic carboxylic acids is 3. The van der Waals surface area contributed by atoms with Gasteiger partial charge in [0.1, 0.15) is 18.6 Å². The molecule has 13 heteroatoms. The Bertz CT molecular complexity index is 657. The van der Waals surface area contributed by atoms with Crippen molar-refractivity contribution in [1.82, 2.24) is 21.0 Å². The molecule has 2 atom stereocenters. The van der Waals surface area contributed by atoms with Crippen LogP contribution in [0, 0.1) is 5.92 Å². The van der Waals surface area contributed by atoms with Crippen molar-refractivity contribution in [1.29, 1.82) is 0 Å². The molecule has 0 spiro atoms. The van der Waals surface area contributed by atoms with E-state index >= 15 is 0 Å². The Morgan fingerprint density at radius 3 is 1.97 bits per heavy atom. The first-order chi connectivity index (χ1) is 15.4. The van der Waals surface area contributed by atoms with Gasteiger partial charge in [-0.15, -0.1) is 0 Å². The van der Waals surface area contributed by atoms with Crippen molar-refractivity contribution < 1.29 is 44.1 Å². The minimum absolute atomic E-state index is 0.0592. The SMILES string of the molecule is CC(C)CCON(C)CC(=O)NCCCCC(NC(=O)NC(CCC(=O)O)C(=O)O)C(=O)O. The minimum atomic E-state index is -1.46. The number of urea groups is 1. The fourth-order valence-corrected chi connectivity index (χ4v) is 2.59. The number of rotatable bonds is 18. The molecule has 6 N–H and O–H groups in total. The molecule has 13 nitrogen and oxygen atoms in total. The lowest BCUT2D eigenvalue weighted by Gasteiger charge is -2.18. The maximum absolute atomic E-state index is 11.9. The van der Waals surface area contributed by atoms with Crippen LogP contribution in [0.4, 0.5) is 4.79 Å². The molecule has 0 fully saturated rings. The van der Waals surface area contributed by atoms with Gasteiger partial charge >= 0.3 is 23.9 Å². The van der Waals surface area contributed by atoms with Crippen LogP contribution in [0.5, 0.6) is 0 Å². The molecule has 0 aromatic rings. The van der Waals surface area contributed by atoms with Gasteiger partial charge in [0, 0.05) is 20.0 Å². The van der Waals surface area contributed by atoms with E-state index in [1.165, 1.54) is 5.06 Å². The summed E-state index contributed by atoms with van der Waals surface area (Å²) < 4.78 is 0. The van der Waals surface area contributed by atoms with Crippen molar-refractivity contribution in [2.24, 2.45) is 5.92 Å². The standard InChI is InChI=1S/C20H36N4O9/c1-13(2)9-11-33-24(3)12-16(25)21-10-5-4-6-14(18(28)29)22-20(32)23-15(19(30)31)7-8-17(26)27/h13-15H,4-12H2,1-3H3,(H,21,25)(H,26,27)(H,28,29)(H,30,31)(H2,22,23,32). The molecule has 33 heavy (non-hydrogen) atoms. The minimum Gasteiger partial charge on any atom is -0.481 e. The zero-order chi connectivity index (χ0) is 25.4. The van der Waals surface area contributed by atoms with E-state index in [0.717, 1.165) is 6.42 Å². The summed E-state index contributed by atoms with van der Waals surface area (Å²) in [6, 6.07) is -3.75. The molecule has 0 aliphatic carbocycles. The van der Waals surface area contributed by atoms with E-state index in [1.807, 2.05) is 0 Å². The molecule has 0 aliphatic heterocycles. The van der Waals surface area contributed by atoms with Gasteiger partial charge in [-0.2, -0.15) is 5.06 Å². The Kier molecular flexibility index (Phi) is 15.2. The third-order valence-electron chi connectivity index (χ3n) is 4.47. The number of amides is 3. The average molecular weight is 477 g/mol. The number of likely N-dealkylation sites (N-methyl/N-ethyl adjacent to an activating group) is 1. The molecule has 0 saturated carbocycles. The van der Waals surface area contributed by atoms with Crippen molar-refractivity contribution in [2.75, 3.05) is 26.7 Å². The summed E-state index contributed by atoms with van der Waals surface area (Å²) in [5.74, 6) is -3.69. The normalized spacial score (nSPS) is 12.8. The summed E-state index contributed by atoms with van der Waals surface area (Å²) in [5.41, 5.74) is 0. The highest BCUT2D eigenvalue weighted by Crippen LogP contribution is 2.03. The molecule has 0 heterocycles. The van der Waals surface area contributed by atoms with E-state index < -0.39 is 42.4 Å². The van der Waals surface area contributed by atoms with E-state index in [1.54, 1.807) is 7.05 Å². The molecule has 0 aromatic carbocycles. The summed E-state index contributed by atoms with van der Waals surface area (Å²) in [6.45, 7) is 5.04. The molecular formula is C20H36N4O9. The molecule has 0 saturated heterocycles. The van der Waals surface area contributed by atoms with E-state index in [2.05, 4.69) is 29.8 Å². The van der Waals surface area contributed by atoms with Crippen LogP contribution in [0.3, 0.4) is 0 Å². The molecule has 190 valence electrons. The van der Waals surface area contributed by atoms with Crippen LogP contribution in [-0.2, 0) is 24.0 Å². The monoisotopic (exact) mass is 476 g/mol. The summed E-state index contributed by atoms with van der Waals surface area (Å²) in [6.07, 6.45) is 0.969. The lowest BCUT2D eigenvalue weighted by atomic mass is 10.1. The van der Waals surface area contributed by atoms with Crippen LogP contribution in [0.25, 0.3) is 0 Å². The molecule has 0 aliphatic rings. The Balaban J connectivity index is 4.26. The molecule has 0 radical (unpaired) electrons. The molecule has 3 amide bonds. The number of carboxylic acid groups (broad SMARTS) is 3. The Morgan fingerprint density at radius 2 is 1.45 bits per heavy atom. The highest BCUT2D eigenvalue weighted by Gasteiger charge is 2.24. The highest BCUT2D eigenvalue weighted by molar-refractivity contribution is 5.86. The zero-order valence-corrected chi connectivity index (χ0v) is 19.3. The first-order valence-electron chi connectivity index (χ1n) is 10.8. The number of unbranched alkanes of at least 4 members (excludes halogenated alkanes) is 1. The van der Waals surface area contributed by atoms with E-state index in [0.29, 0.717) is 31.9 Å². The van der Waals surface area contributed by atoms with Gasteiger partial charge in [0.15, 0.2) is 0 Å². The lowest BCUT2D eigenvalue weighted by Crippen LogP contribution is -2.51. The molecule has 2 unspecified atom stereocenters. The number of nitrogens with one attached hydrogen (secondary N) is 3. The van der Waals surface area contributed by atoms with Gasteiger partial charge in [-0.05, 0) is 38.0 Å². The second-order valence-electron chi connectivity index (χ2n) is 7.98. The Morgan fingerprint density at radius 1 is 0.879 bits per heavy atom. The number of nitrogens with zero attached hydrogens (tertiary/aromatic N) is 1. The number of hydrogen-bond donors (Lipinski definition) is 6. The predicted octanol–water partition coefficient (Wildman–Crippen LogP) is 0.253. The fourth-order valence-electron chi connectivity index (χ4n) is 2.59. The summed E-state index contributed by atoms with van der Waals surface area (Å²) in [4.78, 5) is 62.3. The second kappa shape index (κ2) is 16.7. The second-order valence-corrected chi connectivity index (χ2v) is 7.98. The molecule has 0 bridgehead atoms. The maximum atomic E-state index is 11.9. The third kappa shape index (κ3) is 16.4. The smallest absolute Gasteiger partial charge is 0.326 e. The Labute approximate surface area is 192 Å². The first-order valence-corrected chi connectivity index (χ1v) is 10.8. The van der Waals surface area contributed by atoms with Crippen LogP contribution in [0.1, 0.15) is 52.4 Å². The van der Waals surface area contributed by atoms with Crippen LogP contribution in [0.15, 0.2) is 0 Å². The molecular weight excluding hydrogens is 440 g/mol. The quantitative estimate of drug-likeness (QED) is 0.118. The van der Waals surface area contributed by atoms with Gasteiger partial charge in [0.25, 0.3) is 0 Å². The Hall–Kier alpha value is -2.93. The summed E-state index contributed by atoms with van der Waals surface area (Å²) in [5, 5.41) is 35.3. The van der Waals surface area contributed by atoms with Crippen molar-refractivity contribution in [2.45, 2.75) is 64.5 Å². The van der Waals surface area contributed by atoms with E-state index in [4.69, 9.17) is 15.1 Å². The number of hydrogen-bond acceptors (Lipinski definition) is 7. The highest BCUT2D eigenvalue weighted by atomic mass is 16.7. The van der Waals surface area contributed by atoms with E-state index in [-0.39, 0.29) is 25.3 Å². The zero-order valence-electron chi connectivity index (χ0n) is 19.3. The third-order valence-corrected chi connectivity index (χ3v) is 4.47.